The van der Waals surface area contributed by atoms with Crippen LogP contribution in [0.3, 0.4) is 0 Å². The van der Waals surface area contributed by atoms with Crippen molar-refractivity contribution in [3.63, 3.8) is 0 Å². The van der Waals surface area contributed by atoms with Gasteiger partial charge in [0.2, 0.25) is 0 Å². The van der Waals surface area contributed by atoms with Crippen LogP contribution in [0.5, 0.6) is 5.75 Å². The number of esters is 1. The highest BCUT2D eigenvalue weighted by Gasteiger charge is 2.21. The second-order valence-electron chi connectivity index (χ2n) is 5.67. The van der Waals surface area contributed by atoms with Crippen LogP contribution in [0.1, 0.15) is 38.7 Å². The van der Waals surface area contributed by atoms with Gasteiger partial charge in [-0.15, -0.1) is 0 Å². The number of ether oxygens (including phenoxy) is 2. The maximum Gasteiger partial charge on any atom is 0.302 e. The minimum Gasteiger partial charge on any atom is -0.493 e. The molecular formula is C16H21ClO3. The van der Waals surface area contributed by atoms with Gasteiger partial charge in [0, 0.05) is 11.9 Å². The lowest BCUT2D eigenvalue weighted by atomic mass is 10.1. The van der Waals surface area contributed by atoms with E-state index < -0.39 is 0 Å². The number of carbonyl (C=O) groups is 1. The van der Waals surface area contributed by atoms with E-state index in [1.54, 1.807) is 12.1 Å². The van der Waals surface area contributed by atoms with Gasteiger partial charge >= 0.3 is 5.97 Å². The molecule has 2 atom stereocenters. The minimum absolute atomic E-state index is 0.229. The van der Waals surface area contributed by atoms with E-state index in [9.17, 15) is 4.79 Å². The molecule has 3 nitrogen and oxygen atoms in total. The highest BCUT2D eigenvalue weighted by Crippen LogP contribution is 2.31. The first-order chi connectivity index (χ1) is 9.52. The first-order valence-electron chi connectivity index (χ1n) is 7.08. The predicted molar refractivity (Wildman–Crippen MR) is 78.9 cm³/mol. The maximum absolute atomic E-state index is 10.8. The van der Waals surface area contributed by atoms with Crippen LogP contribution in [-0.2, 0) is 16.1 Å². The third-order valence-corrected chi connectivity index (χ3v) is 3.88. The standard InChI is InChI=1S/C16H21ClO3/c1-11-3-4-13(5-11)9-20-16-7-14(6-15(17)8-16)10-19-12(2)18/h6-8,11,13H,3-5,9-10H2,1-2H3. The Bertz CT molecular complexity index is 473. The van der Waals surface area contributed by atoms with Crippen molar-refractivity contribution >= 4 is 17.6 Å². The van der Waals surface area contributed by atoms with Crippen LogP contribution in [0, 0.1) is 11.8 Å². The lowest BCUT2D eigenvalue weighted by molar-refractivity contribution is -0.142. The fourth-order valence-electron chi connectivity index (χ4n) is 2.66. The van der Waals surface area contributed by atoms with Gasteiger partial charge in [0.25, 0.3) is 0 Å². The summed E-state index contributed by atoms with van der Waals surface area (Å²) in [7, 11) is 0. The Kier molecular flexibility index (Phi) is 5.30. The van der Waals surface area contributed by atoms with Gasteiger partial charge in [0.15, 0.2) is 0 Å². The Morgan fingerprint density at radius 3 is 2.80 bits per heavy atom. The lowest BCUT2D eigenvalue weighted by Gasteiger charge is -2.13. The van der Waals surface area contributed by atoms with Crippen LogP contribution < -0.4 is 4.74 Å². The second kappa shape index (κ2) is 6.98. The van der Waals surface area contributed by atoms with E-state index in [1.807, 2.05) is 6.07 Å². The molecule has 2 rings (SSSR count). The Morgan fingerprint density at radius 2 is 2.15 bits per heavy atom. The summed E-state index contributed by atoms with van der Waals surface area (Å²) < 4.78 is 10.8. The minimum atomic E-state index is -0.299. The van der Waals surface area contributed by atoms with Crippen molar-refractivity contribution in [2.75, 3.05) is 6.61 Å². The average Bonchev–Trinajstić information content (AvgIpc) is 2.79. The molecule has 0 bridgehead atoms. The summed E-state index contributed by atoms with van der Waals surface area (Å²) in [5.41, 5.74) is 0.850. The van der Waals surface area contributed by atoms with E-state index in [0.717, 1.165) is 23.8 Å². The van der Waals surface area contributed by atoms with Crippen molar-refractivity contribution in [2.24, 2.45) is 11.8 Å². The molecule has 0 spiro atoms. The number of benzene rings is 1. The zero-order valence-corrected chi connectivity index (χ0v) is 12.8. The van der Waals surface area contributed by atoms with Crippen LogP contribution in [-0.4, -0.2) is 12.6 Å². The number of hydrogen-bond acceptors (Lipinski definition) is 3. The van der Waals surface area contributed by atoms with Gasteiger partial charge in [-0.25, -0.2) is 0 Å². The van der Waals surface area contributed by atoms with E-state index in [1.165, 1.54) is 26.2 Å². The maximum atomic E-state index is 10.8. The summed E-state index contributed by atoms with van der Waals surface area (Å²) in [5, 5.41) is 0.601. The summed E-state index contributed by atoms with van der Waals surface area (Å²) in [6.45, 7) is 4.64. The largest absolute Gasteiger partial charge is 0.493 e. The highest BCUT2D eigenvalue weighted by molar-refractivity contribution is 6.30. The van der Waals surface area contributed by atoms with E-state index >= 15 is 0 Å². The van der Waals surface area contributed by atoms with E-state index in [2.05, 4.69) is 6.92 Å². The molecule has 1 aromatic carbocycles. The van der Waals surface area contributed by atoms with Crippen molar-refractivity contribution < 1.29 is 14.3 Å². The zero-order valence-electron chi connectivity index (χ0n) is 12.0. The van der Waals surface area contributed by atoms with Gasteiger partial charge < -0.3 is 9.47 Å². The molecule has 0 aliphatic heterocycles. The molecule has 1 aliphatic carbocycles. The summed E-state index contributed by atoms with van der Waals surface area (Å²) in [6.07, 6.45) is 3.77. The molecule has 0 aromatic heterocycles. The zero-order chi connectivity index (χ0) is 14.5. The summed E-state index contributed by atoms with van der Waals surface area (Å²) >= 11 is 6.06. The molecule has 0 heterocycles. The molecule has 1 fully saturated rings. The summed E-state index contributed by atoms with van der Waals surface area (Å²) in [4.78, 5) is 10.8. The molecule has 110 valence electrons. The van der Waals surface area contributed by atoms with Gasteiger partial charge in [0.05, 0.1) is 6.61 Å². The van der Waals surface area contributed by atoms with Gasteiger partial charge in [-0.05, 0) is 48.4 Å². The van der Waals surface area contributed by atoms with E-state index in [-0.39, 0.29) is 12.6 Å². The lowest BCUT2D eigenvalue weighted by Crippen LogP contribution is -2.09. The van der Waals surface area contributed by atoms with Gasteiger partial charge in [-0.1, -0.05) is 24.9 Å². The average molecular weight is 297 g/mol. The molecule has 1 saturated carbocycles. The first kappa shape index (κ1) is 15.2. The number of carbonyl (C=O) groups excluding carboxylic acids is 1. The predicted octanol–water partition coefficient (Wildman–Crippen LogP) is 4.22. The van der Waals surface area contributed by atoms with Gasteiger partial charge in [-0.3, -0.25) is 4.79 Å². The molecule has 0 N–H and O–H groups in total. The third kappa shape index (κ3) is 4.71. The number of hydrogen-bond donors (Lipinski definition) is 0. The smallest absolute Gasteiger partial charge is 0.302 e. The Labute approximate surface area is 125 Å². The highest BCUT2D eigenvalue weighted by atomic mass is 35.5. The van der Waals surface area contributed by atoms with Crippen molar-refractivity contribution in [2.45, 2.75) is 39.7 Å². The monoisotopic (exact) mass is 296 g/mol. The van der Waals surface area contributed by atoms with Gasteiger partial charge in [0.1, 0.15) is 12.4 Å². The molecule has 1 aromatic rings. The van der Waals surface area contributed by atoms with Crippen LogP contribution in [0.2, 0.25) is 5.02 Å². The van der Waals surface area contributed by atoms with Crippen LogP contribution >= 0.6 is 11.6 Å². The van der Waals surface area contributed by atoms with Crippen molar-refractivity contribution in [1.82, 2.24) is 0 Å². The Hall–Kier alpha value is -1.22. The van der Waals surface area contributed by atoms with Crippen molar-refractivity contribution in [1.29, 1.82) is 0 Å². The van der Waals surface area contributed by atoms with Crippen LogP contribution in [0.15, 0.2) is 18.2 Å². The summed E-state index contributed by atoms with van der Waals surface area (Å²) in [5.74, 6) is 1.90. The molecule has 4 heteroatoms. The topological polar surface area (TPSA) is 35.5 Å². The number of rotatable bonds is 5. The fourth-order valence-corrected chi connectivity index (χ4v) is 2.91. The molecule has 0 saturated heterocycles. The molecule has 0 amide bonds. The normalized spacial score (nSPS) is 21.8. The molecule has 0 radical (unpaired) electrons. The van der Waals surface area contributed by atoms with Gasteiger partial charge in [-0.2, -0.15) is 0 Å². The molecule has 2 unspecified atom stereocenters. The molecule has 20 heavy (non-hydrogen) atoms. The van der Waals surface area contributed by atoms with Crippen LogP contribution in [0.25, 0.3) is 0 Å². The van der Waals surface area contributed by atoms with E-state index in [0.29, 0.717) is 10.9 Å². The first-order valence-corrected chi connectivity index (χ1v) is 7.46. The van der Waals surface area contributed by atoms with Crippen molar-refractivity contribution in [3.05, 3.63) is 28.8 Å². The quantitative estimate of drug-likeness (QED) is 0.763. The SMILES string of the molecule is CC(=O)OCc1cc(Cl)cc(OCC2CCC(C)C2)c1. The molecular weight excluding hydrogens is 276 g/mol. The second-order valence-corrected chi connectivity index (χ2v) is 6.11. The Morgan fingerprint density at radius 1 is 1.35 bits per heavy atom. The summed E-state index contributed by atoms with van der Waals surface area (Å²) in [6, 6.07) is 5.47. The van der Waals surface area contributed by atoms with Crippen LogP contribution in [0.4, 0.5) is 0 Å². The third-order valence-electron chi connectivity index (χ3n) is 3.66. The number of halogens is 1. The molecule has 1 aliphatic rings. The van der Waals surface area contributed by atoms with Crippen molar-refractivity contribution in [3.8, 4) is 5.75 Å². The van der Waals surface area contributed by atoms with E-state index in [4.69, 9.17) is 21.1 Å². The Balaban J connectivity index is 1.91. The fraction of sp³-hybridized carbons (Fsp3) is 0.562.